The van der Waals surface area contributed by atoms with Crippen molar-refractivity contribution >= 4 is 35.8 Å². The van der Waals surface area contributed by atoms with Crippen molar-refractivity contribution in [3.05, 3.63) is 77.0 Å². The second kappa shape index (κ2) is 7.32. The molecule has 0 saturated carbocycles. The van der Waals surface area contributed by atoms with Crippen LogP contribution in [0.3, 0.4) is 0 Å². The Balaban J connectivity index is 1.76. The first-order chi connectivity index (χ1) is 11.6. The molecule has 0 fully saturated rings. The second-order valence-corrected chi connectivity index (χ2v) is 6.27. The molecular formula is C20H17NO2S. The summed E-state index contributed by atoms with van der Waals surface area (Å²) in [5.41, 5.74) is 3.47. The van der Waals surface area contributed by atoms with Crippen LogP contribution in [0.1, 0.15) is 16.7 Å². The molecule has 0 atom stereocenters. The van der Waals surface area contributed by atoms with Crippen LogP contribution in [-0.4, -0.2) is 18.1 Å². The largest absolute Gasteiger partial charge is 0.403 e. The van der Waals surface area contributed by atoms with Gasteiger partial charge in [0, 0.05) is 11.0 Å². The number of cyclic esters (lactones) is 1. The summed E-state index contributed by atoms with van der Waals surface area (Å²) in [5.74, 6) is -0.111. The number of aliphatic imine (C=N–C) groups is 1. The minimum absolute atomic E-state index is 0.313. The molecule has 0 bridgehead atoms. The van der Waals surface area contributed by atoms with E-state index in [1.54, 1.807) is 23.9 Å². The molecule has 3 rings (SSSR count). The quantitative estimate of drug-likeness (QED) is 0.461. The molecule has 0 aromatic heterocycles. The molecule has 0 spiro atoms. The Bertz CT molecular complexity index is 831. The lowest BCUT2D eigenvalue weighted by molar-refractivity contribution is -0.129. The van der Waals surface area contributed by atoms with Gasteiger partial charge in [-0.15, -0.1) is 11.8 Å². The van der Waals surface area contributed by atoms with Crippen LogP contribution in [0.4, 0.5) is 0 Å². The van der Waals surface area contributed by atoms with Gasteiger partial charge in [-0.1, -0.05) is 42.0 Å². The van der Waals surface area contributed by atoms with Gasteiger partial charge in [0.2, 0.25) is 5.90 Å². The maximum Gasteiger partial charge on any atom is 0.363 e. The molecule has 4 heteroatoms. The SMILES string of the molecule is CSc1ccc(C=C2N=C(C=Cc3ccc(C)cc3)OC2=O)cc1. The molecule has 0 amide bonds. The van der Waals surface area contributed by atoms with Crippen molar-refractivity contribution in [1.29, 1.82) is 0 Å². The highest BCUT2D eigenvalue weighted by molar-refractivity contribution is 7.98. The summed E-state index contributed by atoms with van der Waals surface area (Å²) in [6.07, 6.45) is 7.35. The summed E-state index contributed by atoms with van der Waals surface area (Å²) in [6, 6.07) is 16.0. The fourth-order valence-electron chi connectivity index (χ4n) is 2.20. The highest BCUT2D eigenvalue weighted by Crippen LogP contribution is 2.19. The first-order valence-corrected chi connectivity index (χ1v) is 8.78. The number of nitrogens with zero attached hydrogens (tertiary/aromatic N) is 1. The molecule has 1 heterocycles. The van der Waals surface area contributed by atoms with Crippen molar-refractivity contribution in [2.75, 3.05) is 6.26 Å². The van der Waals surface area contributed by atoms with Crippen LogP contribution in [0.15, 0.2) is 70.2 Å². The number of hydrogen-bond acceptors (Lipinski definition) is 4. The molecule has 0 saturated heterocycles. The topological polar surface area (TPSA) is 38.7 Å². The molecule has 120 valence electrons. The van der Waals surface area contributed by atoms with E-state index < -0.39 is 5.97 Å². The third-order valence-electron chi connectivity index (χ3n) is 3.55. The van der Waals surface area contributed by atoms with Crippen LogP contribution in [0.5, 0.6) is 0 Å². The van der Waals surface area contributed by atoms with Gasteiger partial charge in [-0.2, -0.15) is 0 Å². The van der Waals surface area contributed by atoms with Gasteiger partial charge >= 0.3 is 5.97 Å². The van der Waals surface area contributed by atoms with Crippen molar-refractivity contribution in [3.63, 3.8) is 0 Å². The Morgan fingerprint density at radius 1 is 0.958 bits per heavy atom. The van der Waals surface area contributed by atoms with Gasteiger partial charge in [-0.25, -0.2) is 9.79 Å². The molecular weight excluding hydrogens is 318 g/mol. The van der Waals surface area contributed by atoms with Gasteiger partial charge < -0.3 is 4.74 Å². The fourth-order valence-corrected chi connectivity index (χ4v) is 2.61. The predicted octanol–water partition coefficient (Wildman–Crippen LogP) is 4.73. The summed E-state index contributed by atoms with van der Waals surface area (Å²) in [5, 5.41) is 0. The average Bonchev–Trinajstić information content (AvgIpc) is 2.95. The Morgan fingerprint density at radius 3 is 2.29 bits per heavy atom. The Hall–Kier alpha value is -2.59. The number of ether oxygens (including phenoxy) is 1. The molecule has 1 aliphatic rings. The number of hydrogen-bond donors (Lipinski definition) is 0. The zero-order valence-electron chi connectivity index (χ0n) is 13.5. The normalized spacial score (nSPS) is 15.8. The molecule has 2 aromatic carbocycles. The first kappa shape index (κ1) is 16.3. The van der Waals surface area contributed by atoms with Crippen molar-refractivity contribution in [2.45, 2.75) is 11.8 Å². The summed E-state index contributed by atoms with van der Waals surface area (Å²) in [4.78, 5) is 17.4. The van der Waals surface area contributed by atoms with Crippen LogP contribution in [-0.2, 0) is 9.53 Å². The van der Waals surface area contributed by atoms with Gasteiger partial charge in [0.1, 0.15) is 0 Å². The zero-order valence-corrected chi connectivity index (χ0v) is 14.3. The third kappa shape index (κ3) is 4.03. The van der Waals surface area contributed by atoms with Crippen molar-refractivity contribution in [3.8, 4) is 0 Å². The summed E-state index contributed by atoms with van der Waals surface area (Å²) >= 11 is 1.68. The Labute approximate surface area is 145 Å². The number of thioether (sulfide) groups is 1. The number of aryl methyl sites for hydroxylation is 1. The number of carbonyl (C=O) groups excluding carboxylic acids is 1. The molecule has 2 aromatic rings. The van der Waals surface area contributed by atoms with Crippen LogP contribution >= 0.6 is 11.8 Å². The summed E-state index contributed by atoms with van der Waals surface area (Å²) in [6.45, 7) is 2.04. The number of rotatable bonds is 4. The fraction of sp³-hybridized carbons (Fsp3) is 0.100. The lowest BCUT2D eigenvalue weighted by Crippen LogP contribution is -2.01. The van der Waals surface area contributed by atoms with E-state index in [1.165, 1.54) is 10.5 Å². The van der Waals surface area contributed by atoms with Crippen LogP contribution in [0, 0.1) is 6.92 Å². The smallest absolute Gasteiger partial charge is 0.363 e. The first-order valence-electron chi connectivity index (χ1n) is 7.55. The second-order valence-electron chi connectivity index (χ2n) is 5.39. The number of benzene rings is 2. The molecule has 24 heavy (non-hydrogen) atoms. The minimum Gasteiger partial charge on any atom is -0.403 e. The van der Waals surface area contributed by atoms with Crippen molar-refractivity contribution in [1.82, 2.24) is 0 Å². The maximum absolute atomic E-state index is 11.9. The molecule has 0 unspecified atom stereocenters. The van der Waals surface area contributed by atoms with E-state index in [9.17, 15) is 4.79 Å². The Kier molecular flexibility index (Phi) is 4.96. The molecule has 3 nitrogen and oxygen atoms in total. The standard InChI is InChI=1S/C20H17NO2S/c1-14-3-5-15(6-4-14)9-12-19-21-18(20(22)23-19)13-16-7-10-17(24-2)11-8-16/h3-13H,1-2H3. The lowest BCUT2D eigenvalue weighted by atomic mass is 10.1. The summed E-state index contributed by atoms with van der Waals surface area (Å²) in [7, 11) is 0. The van der Waals surface area contributed by atoms with Gasteiger partial charge in [0.15, 0.2) is 5.70 Å². The van der Waals surface area contributed by atoms with Crippen LogP contribution in [0.2, 0.25) is 0 Å². The van der Waals surface area contributed by atoms with Crippen molar-refractivity contribution in [2.24, 2.45) is 4.99 Å². The molecule has 0 aliphatic carbocycles. The molecule has 0 radical (unpaired) electrons. The highest BCUT2D eigenvalue weighted by atomic mass is 32.2. The van der Waals surface area contributed by atoms with Gasteiger partial charge in [0.05, 0.1) is 0 Å². The van der Waals surface area contributed by atoms with Crippen LogP contribution < -0.4 is 0 Å². The van der Waals surface area contributed by atoms with Crippen LogP contribution in [0.25, 0.3) is 12.2 Å². The molecule has 1 aliphatic heterocycles. The zero-order chi connectivity index (χ0) is 16.9. The van der Waals surface area contributed by atoms with E-state index in [1.807, 2.05) is 67.8 Å². The monoisotopic (exact) mass is 335 g/mol. The minimum atomic E-state index is -0.424. The number of esters is 1. The maximum atomic E-state index is 11.9. The molecule has 0 N–H and O–H groups in total. The average molecular weight is 335 g/mol. The van der Waals surface area contributed by atoms with E-state index >= 15 is 0 Å². The van der Waals surface area contributed by atoms with E-state index in [0.29, 0.717) is 11.6 Å². The van der Waals surface area contributed by atoms with E-state index in [4.69, 9.17) is 4.74 Å². The van der Waals surface area contributed by atoms with E-state index in [0.717, 1.165) is 11.1 Å². The Morgan fingerprint density at radius 2 is 1.62 bits per heavy atom. The van der Waals surface area contributed by atoms with E-state index in [-0.39, 0.29) is 0 Å². The third-order valence-corrected chi connectivity index (χ3v) is 4.30. The van der Waals surface area contributed by atoms with Crippen molar-refractivity contribution < 1.29 is 9.53 Å². The van der Waals surface area contributed by atoms with Gasteiger partial charge in [-0.3, -0.25) is 0 Å². The lowest BCUT2D eigenvalue weighted by Gasteiger charge is -1.97. The summed E-state index contributed by atoms with van der Waals surface area (Å²) < 4.78 is 5.19. The van der Waals surface area contributed by atoms with E-state index in [2.05, 4.69) is 4.99 Å². The number of carbonyl (C=O) groups is 1. The highest BCUT2D eigenvalue weighted by Gasteiger charge is 2.20. The predicted molar refractivity (Wildman–Crippen MR) is 99.9 cm³/mol. The van der Waals surface area contributed by atoms with Gasteiger partial charge in [0.25, 0.3) is 0 Å². The van der Waals surface area contributed by atoms with Gasteiger partial charge in [-0.05, 0) is 48.6 Å².